The Morgan fingerprint density at radius 3 is 2.48 bits per heavy atom. The van der Waals surface area contributed by atoms with Crippen LogP contribution in [-0.4, -0.2) is 31.7 Å². The molecule has 0 radical (unpaired) electrons. The molecule has 6 nitrogen and oxygen atoms in total. The van der Waals surface area contributed by atoms with Crippen LogP contribution in [0.2, 0.25) is 0 Å². The molecule has 4 rings (SSSR count). The molecule has 1 aromatic heterocycles. The summed E-state index contributed by atoms with van der Waals surface area (Å²) in [6.45, 7) is 4.68. The molecule has 1 aliphatic heterocycles. The summed E-state index contributed by atoms with van der Waals surface area (Å²) in [6.07, 6.45) is 2.80. The molecule has 1 aliphatic rings. The molecule has 0 spiro atoms. The van der Waals surface area contributed by atoms with Crippen LogP contribution in [0.5, 0.6) is 0 Å². The second-order valence-electron chi connectivity index (χ2n) is 7.45. The number of nitrogens with one attached hydrogen (secondary N) is 1. The summed E-state index contributed by atoms with van der Waals surface area (Å²) in [5.41, 5.74) is 2.49. The van der Waals surface area contributed by atoms with Crippen LogP contribution in [0.3, 0.4) is 0 Å². The molecule has 3 aromatic rings. The van der Waals surface area contributed by atoms with Crippen LogP contribution in [-0.2, 0) is 10.0 Å². The van der Waals surface area contributed by atoms with Crippen molar-refractivity contribution in [3.8, 4) is 0 Å². The van der Waals surface area contributed by atoms with Crippen LogP contribution in [0.1, 0.15) is 40.9 Å². The monoisotopic (exact) mass is 412 g/mol. The van der Waals surface area contributed by atoms with Gasteiger partial charge in [0, 0.05) is 29.7 Å². The van der Waals surface area contributed by atoms with Crippen molar-refractivity contribution < 1.29 is 17.6 Å². The quantitative estimate of drug-likeness (QED) is 0.685. The first-order valence-corrected chi connectivity index (χ1v) is 11.2. The third-order valence-corrected chi connectivity index (χ3v) is 7.47. The maximum absolute atomic E-state index is 13.1. The fourth-order valence-electron chi connectivity index (χ4n) is 3.78. The fraction of sp³-hybridized carbons (Fsp3) is 0.318. The zero-order chi connectivity index (χ0) is 20.6. The number of amides is 1. The van der Waals surface area contributed by atoms with Gasteiger partial charge >= 0.3 is 0 Å². The van der Waals surface area contributed by atoms with E-state index in [0.717, 1.165) is 30.2 Å². The van der Waals surface area contributed by atoms with Gasteiger partial charge in [0.2, 0.25) is 10.0 Å². The smallest absolute Gasteiger partial charge is 0.291 e. The van der Waals surface area contributed by atoms with Crippen molar-refractivity contribution in [1.29, 1.82) is 0 Å². The number of piperidine rings is 1. The van der Waals surface area contributed by atoms with Gasteiger partial charge in [0.05, 0.1) is 4.90 Å². The molecule has 2 aromatic carbocycles. The Hall–Kier alpha value is -2.64. The zero-order valence-electron chi connectivity index (χ0n) is 16.6. The van der Waals surface area contributed by atoms with E-state index in [2.05, 4.69) is 5.32 Å². The number of rotatable bonds is 4. The number of furan rings is 1. The Balaban J connectivity index is 1.63. The molecular formula is C22H24N2O4S. The van der Waals surface area contributed by atoms with Crippen LogP contribution in [0.15, 0.2) is 51.8 Å². The highest BCUT2D eigenvalue weighted by Gasteiger charge is 2.28. The van der Waals surface area contributed by atoms with E-state index in [1.165, 1.54) is 10.4 Å². The SMILES string of the molecule is Cc1ccc(NC(=O)c2oc3ccccc3c2C)cc1S(=O)(=O)N1CCCCC1. The molecule has 7 heteroatoms. The van der Waals surface area contributed by atoms with Gasteiger partial charge in [-0.1, -0.05) is 30.7 Å². The lowest BCUT2D eigenvalue weighted by Gasteiger charge is -2.26. The van der Waals surface area contributed by atoms with Gasteiger partial charge in [-0.15, -0.1) is 0 Å². The summed E-state index contributed by atoms with van der Waals surface area (Å²) in [5, 5.41) is 3.67. The van der Waals surface area contributed by atoms with Crippen molar-refractivity contribution in [1.82, 2.24) is 4.31 Å². The molecule has 152 valence electrons. The van der Waals surface area contributed by atoms with Gasteiger partial charge in [-0.3, -0.25) is 4.79 Å². The standard InChI is InChI=1S/C22H24N2O4S/c1-15-10-11-17(14-20(15)29(26,27)24-12-6-3-7-13-24)23-22(25)21-16(2)18-8-4-5-9-19(18)28-21/h4-5,8-11,14H,3,6-7,12-13H2,1-2H3,(H,23,25). The molecule has 0 saturated carbocycles. The number of nitrogens with zero attached hydrogens (tertiary/aromatic N) is 1. The highest BCUT2D eigenvalue weighted by Crippen LogP contribution is 2.28. The van der Waals surface area contributed by atoms with Crippen LogP contribution in [0, 0.1) is 13.8 Å². The minimum Gasteiger partial charge on any atom is -0.451 e. The number of hydrogen-bond acceptors (Lipinski definition) is 4. The number of hydrogen-bond donors (Lipinski definition) is 1. The van der Waals surface area contributed by atoms with Crippen LogP contribution >= 0.6 is 0 Å². The van der Waals surface area contributed by atoms with Crippen LogP contribution < -0.4 is 5.32 Å². The number of anilines is 1. The first-order valence-electron chi connectivity index (χ1n) is 9.78. The Bertz CT molecular complexity index is 1170. The van der Waals surface area contributed by atoms with Crippen LogP contribution in [0.4, 0.5) is 5.69 Å². The number of carbonyl (C=O) groups excluding carboxylic acids is 1. The lowest BCUT2D eigenvalue weighted by atomic mass is 10.1. The number of fused-ring (bicyclic) bond motifs is 1. The van der Waals surface area contributed by atoms with E-state index in [9.17, 15) is 13.2 Å². The number of benzene rings is 2. The van der Waals surface area contributed by atoms with E-state index in [1.54, 1.807) is 19.1 Å². The van der Waals surface area contributed by atoms with Crippen molar-refractivity contribution in [3.63, 3.8) is 0 Å². The van der Waals surface area contributed by atoms with E-state index < -0.39 is 15.9 Å². The summed E-state index contributed by atoms with van der Waals surface area (Å²) in [5.74, 6) is -0.170. The van der Waals surface area contributed by atoms with E-state index in [1.807, 2.05) is 31.2 Å². The highest BCUT2D eigenvalue weighted by molar-refractivity contribution is 7.89. The summed E-state index contributed by atoms with van der Waals surface area (Å²) in [7, 11) is -3.59. The minimum atomic E-state index is -3.59. The van der Waals surface area contributed by atoms with Crippen LogP contribution in [0.25, 0.3) is 11.0 Å². The topological polar surface area (TPSA) is 79.6 Å². The van der Waals surface area contributed by atoms with Gasteiger partial charge in [-0.25, -0.2) is 8.42 Å². The average molecular weight is 413 g/mol. The molecule has 1 amide bonds. The fourth-order valence-corrected chi connectivity index (χ4v) is 5.55. The molecule has 2 heterocycles. The Labute approximate surface area is 170 Å². The van der Waals surface area contributed by atoms with Crippen molar-refractivity contribution in [2.45, 2.75) is 38.0 Å². The van der Waals surface area contributed by atoms with Gasteiger partial charge in [-0.05, 0) is 50.5 Å². The third kappa shape index (κ3) is 3.68. The molecular weight excluding hydrogens is 388 g/mol. The molecule has 0 bridgehead atoms. The van der Waals surface area contributed by atoms with E-state index >= 15 is 0 Å². The van der Waals surface area contributed by atoms with Gasteiger partial charge in [0.1, 0.15) is 5.58 Å². The van der Waals surface area contributed by atoms with Gasteiger partial charge < -0.3 is 9.73 Å². The molecule has 1 fully saturated rings. The second-order valence-corrected chi connectivity index (χ2v) is 9.36. The zero-order valence-corrected chi connectivity index (χ0v) is 17.4. The first kappa shape index (κ1) is 19.7. The predicted molar refractivity (Wildman–Crippen MR) is 113 cm³/mol. The second kappa shape index (κ2) is 7.65. The third-order valence-electron chi connectivity index (χ3n) is 5.43. The molecule has 1 N–H and O–H groups in total. The number of sulfonamides is 1. The molecule has 0 unspecified atom stereocenters. The van der Waals surface area contributed by atoms with Crippen molar-refractivity contribution in [3.05, 3.63) is 59.4 Å². The van der Waals surface area contributed by atoms with Crippen molar-refractivity contribution in [2.75, 3.05) is 18.4 Å². The molecule has 0 atom stereocenters. The van der Waals surface area contributed by atoms with Gasteiger partial charge in [0.15, 0.2) is 5.76 Å². The minimum absolute atomic E-state index is 0.229. The summed E-state index contributed by atoms with van der Waals surface area (Å²) >= 11 is 0. The number of para-hydroxylation sites is 1. The Morgan fingerprint density at radius 2 is 1.76 bits per heavy atom. The largest absolute Gasteiger partial charge is 0.451 e. The lowest BCUT2D eigenvalue weighted by Crippen LogP contribution is -2.36. The Morgan fingerprint density at radius 1 is 1.03 bits per heavy atom. The first-order chi connectivity index (χ1) is 13.9. The van der Waals surface area contributed by atoms with E-state index in [0.29, 0.717) is 29.9 Å². The number of aryl methyl sites for hydroxylation is 2. The average Bonchev–Trinajstić information content (AvgIpc) is 3.07. The number of carbonyl (C=O) groups is 1. The summed E-state index contributed by atoms with van der Waals surface area (Å²) in [6, 6.07) is 12.4. The molecule has 29 heavy (non-hydrogen) atoms. The van der Waals surface area contributed by atoms with E-state index in [4.69, 9.17) is 4.42 Å². The predicted octanol–water partition coefficient (Wildman–Crippen LogP) is 4.48. The van der Waals surface area contributed by atoms with Crippen molar-refractivity contribution >= 4 is 32.6 Å². The maximum atomic E-state index is 13.1. The van der Waals surface area contributed by atoms with Gasteiger partial charge in [0.25, 0.3) is 5.91 Å². The summed E-state index contributed by atoms with van der Waals surface area (Å²) in [4.78, 5) is 13.0. The van der Waals surface area contributed by atoms with Crippen molar-refractivity contribution in [2.24, 2.45) is 0 Å². The highest BCUT2D eigenvalue weighted by atomic mass is 32.2. The van der Waals surface area contributed by atoms with E-state index in [-0.39, 0.29) is 10.7 Å². The van der Waals surface area contributed by atoms with Gasteiger partial charge in [-0.2, -0.15) is 4.31 Å². The normalized spacial score (nSPS) is 15.5. The summed E-state index contributed by atoms with van der Waals surface area (Å²) < 4.78 is 33.4. The lowest BCUT2D eigenvalue weighted by molar-refractivity contribution is 0.0998. The maximum Gasteiger partial charge on any atom is 0.291 e. The molecule has 1 saturated heterocycles. The molecule has 0 aliphatic carbocycles. The Kier molecular flexibility index (Phi) is 5.19.